The Morgan fingerprint density at radius 2 is 2.05 bits per heavy atom. The highest BCUT2D eigenvalue weighted by Gasteiger charge is 2.34. The molecule has 0 spiro atoms. The van der Waals surface area contributed by atoms with Gasteiger partial charge in [0.15, 0.2) is 0 Å². The zero-order valence-electron chi connectivity index (χ0n) is 12.5. The van der Waals surface area contributed by atoms with Crippen molar-refractivity contribution in [3.63, 3.8) is 0 Å². The van der Waals surface area contributed by atoms with E-state index >= 15 is 0 Å². The monoisotopic (exact) mass is 311 g/mol. The molecular formula is C15H21NO4S. The van der Waals surface area contributed by atoms with Crippen LogP contribution in [0.5, 0.6) is 0 Å². The van der Waals surface area contributed by atoms with Crippen molar-refractivity contribution in [2.75, 3.05) is 13.1 Å². The zero-order valence-corrected chi connectivity index (χ0v) is 13.4. The van der Waals surface area contributed by atoms with Crippen LogP contribution in [-0.4, -0.2) is 36.9 Å². The van der Waals surface area contributed by atoms with Gasteiger partial charge < -0.3 is 5.11 Å². The second-order valence-corrected chi connectivity index (χ2v) is 7.80. The fourth-order valence-electron chi connectivity index (χ4n) is 2.78. The van der Waals surface area contributed by atoms with Crippen molar-refractivity contribution in [1.82, 2.24) is 4.31 Å². The summed E-state index contributed by atoms with van der Waals surface area (Å²) < 4.78 is 26.9. The number of nitrogens with zero attached hydrogens (tertiary/aromatic N) is 1. The van der Waals surface area contributed by atoms with Crippen LogP contribution in [0.4, 0.5) is 0 Å². The standard InChI is InChI=1S/C15H21NO4S/c1-10(2)12-7-8-16(9-12)21(19,20)14-6-4-5-13(11(14)3)15(17)18/h4-6,10,12H,7-9H2,1-3H3,(H,17,18). The van der Waals surface area contributed by atoms with Gasteiger partial charge in [-0.2, -0.15) is 4.31 Å². The lowest BCUT2D eigenvalue weighted by Gasteiger charge is -2.19. The summed E-state index contributed by atoms with van der Waals surface area (Å²) in [6.07, 6.45) is 0.856. The van der Waals surface area contributed by atoms with Crippen LogP contribution < -0.4 is 0 Å². The summed E-state index contributed by atoms with van der Waals surface area (Å²) in [5.74, 6) is -0.301. The smallest absolute Gasteiger partial charge is 0.335 e. The minimum absolute atomic E-state index is 0.0377. The third-order valence-corrected chi connectivity index (χ3v) is 6.27. The van der Waals surface area contributed by atoms with E-state index in [4.69, 9.17) is 5.11 Å². The van der Waals surface area contributed by atoms with Crippen LogP contribution in [-0.2, 0) is 10.0 Å². The molecule has 0 bridgehead atoms. The number of rotatable bonds is 4. The van der Waals surface area contributed by atoms with Crippen molar-refractivity contribution in [3.8, 4) is 0 Å². The van der Waals surface area contributed by atoms with E-state index in [1.54, 1.807) is 6.92 Å². The molecule has 6 heteroatoms. The minimum atomic E-state index is -3.62. The molecule has 0 aromatic heterocycles. The third kappa shape index (κ3) is 2.96. The Kier molecular flexibility index (Phi) is 4.39. The molecule has 1 aromatic rings. The number of aromatic carboxylic acids is 1. The number of benzene rings is 1. The lowest BCUT2D eigenvalue weighted by Crippen LogP contribution is -2.30. The fourth-order valence-corrected chi connectivity index (χ4v) is 4.54. The Bertz CT molecular complexity index is 652. The first-order chi connectivity index (χ1) is 9.75. The maximum absolute atomic E-state index is 12.7. The molecule has 1 N–H and O–H groups in total. The predicted molar refractivity (Wildman–Crippen MR) is 79.8 cm³/mol. The van der Waals surface area contributed by atoms with Crippen LogP contribution in [0.15, 0.2) is 23.1 Å². The number of carboxylic acid groups (broad SMARTS) is 1. The Morgan fingerprint density at radius 3 is 2.57 bits per heavy atom. The van der Waals surface area contributed by atoms with Crippen molar-refractivity contribution in [1.29, 1.82) is 0 Å². The van der Waals surface area contributed by atoms with Crippen LogP contribution in [0, 0.1) is 18.8 Å². The van der Waals surface area contributed by atoms with Gasteiger partial charge in [-0.15, -0.1) is 0 Å². The van der Waals surface area contributed by atoms with Crippen molar-refractivity contribution < 1.29 is 18.3 Å². The summed E-state index contributed by atoms with van der Waals surface area (Å²) >= 11 is 0. The van der Waals surface area contributed by atoms with E-state index in [-0.39, 0.29) is 10.5 Å². The molecule has 116 valence electrons. The number of sulfonamides is 1. The average molecular weight is 311 g/mol. The summed E-state index contributed by atoms with van der Waals surface area (Å²) in [5, 5.41) is 9.13. The van der Waals surface area contributed by atoms with Crippen LogP contribution in [0.2, 0.25) is 0 Å². The summed E-state index contributed by atoms with van der Waals surface area (Å²) in [5.41, 5.74) is 0.341. The summed E-state index contributed by atoms with van der Waals surface area (Å²) in [6.45, 7) is 6.75. The van der Waals surface area contributed by atoms with Crippen LogP contribution in [0.1, 0.15) is 36.2 Å². The highest BCUT2D eigenvalue weighted by atomic mass is 32.2. The molecule has 1 atom stereocenters. The van der Waals surface area contributed by atoms with Crippen molar-refractivity contribution >= 4 is 16.0 Å². The summed E-state index contributed by atoms with van der Waals surface area (Å²) in [6, 6.07) is 4.40. The first kappa shape index (κ1) is 16.0. The van der Waals surface area contributed by atoms with Gasteiger partial charge in [-0.05, 0) is 42.9 Å². The first-order valence-electron chi connectivity index (χ1n) is 7.08. The highest BCUT2D eigenvalue weighted by Crippen LogP contribution is 2.30. The molecule has 21 heavy (non-hydrogen) atoms. The number of carbonyl (C=O) groups is 1. The Labute approximate surface area is 125 Å². The molecular weight excluding hydrogens is 290 g/mol. The van der Waals surface area contributed by atoms with E-state index in [1.807, 2.05) is 0 Å². The van der Waals surface area contributed by atoms with Crippen LogP contribution >= 0.6 is 0 Å². The second-order valence-electron chi connectivity index (χ2n) is 5.89. The summed E-state index contributed by atoms with van der Waals surface area (Å²) in [4.78, 5) is 11.3. The quantitative estimate of drug-likeness (QED) is 0.926. The zero-order chi connectivity index (χ0) is 15.8. The van der Waals surface area contributed by atoms with Crippen molar-refractivity contribution in [2.45, 2.75) is 32.1 Å². The lowest BCUT2D eigenvalue weighted by molar-refractivity contribution is 0.0696. The molecule has 2 rings (SSSR count). The van der Waals surface area contributed by atoms with Gasteiger partial charge in [-0.1, -0.05) is 19.9 Å². The Morgan fingerprint density at radius 1 is 1.38 bits per heavy atom. The van der Waals surface area contributed by atoms with Gasteiger partial charge in [0.05, 0.1) is 10.5 Å². The molecule has 1 aliphatic rings. The molecule has 0 aliphatic carbocycles. The van der Waals surface area contributed by atoms with E-state index in [1.165, 1.54) is 22.5 Å². The molecule has 0 radical (unpaired) electrons. The molecule has 1 aliphatic heterocycles. The molecule has 0 saturated carbocycles. The van der Waals surface area contributed by atoms with E-state index < -0.39 is 16.0 Å². The largest absolute Gasteiger partial charge is 0.478 e. The molecule has 1 fully saturated rings. The van der Waals surface area contributed by atoms with Gasteiger partial charge >= 0.3 is 5.97 Å². The average Bonchev–Trinajstić information content (AvgIpc) is 2.88. The Hall–Kier alpha value is -1.40. The second kappa shape index (κ2) is 5.77. The molecule has 1 heterocycles. The molecule has 5 nitrogen and oxygen atoms in total. The Balaban J connectivity index is 2.38. The number of carboxylic acids is 1. The van der Waals surface area contributed by atoms with E-state index in [0.29, 0.717) is 30.5 Å². The van der Waals surface area contributed by atoms with Gasteiger partial charge in [-0.25, -0.2) is 13.2 Å². The van der Waals surface area contributed by atoms with Gasteiger partial charge in [0.2, 0.25) is 10.0 Å². The van der Waals surface area contributed by atoms with E-state index in [9.17, 15) is 13.2 Å². The SMILES string of the molecule is Cc1c(C(=O)O)cccc1S(=O)(=O)N1CCC(C(C)C)C1. The van der Waals surface area contributed by atoms with Gasteiger partial charge in [0.1, 0.15) is 0 Å². The maximum Gasteiger partial charge on any atom is 0.335 e. The van der Waals surface area contributed by atoms with Gasteiger partial charge in [0.25, 0.3) is 0 Å². The third-order valence-electron chi connectivity index (χ3n) is 4.26. The number of hydrogen-bond donors (Lipinski definition) is 1. The van der Waals surface area contributed by atoms with Crippen molar-refractivity contribution in [3.05, 3.63) is 29.3 Å². The highest BCUT2D eigenvalue weighted by molar-refractivity contribution is 7.89. The topological polar surface area (TPSA) is 74.7 Å². The normalized spacial score (nSPS) is 20.1. The predicted octanol–water partition coefficient (Wildman–Crippen LogP) is 2.36. The van der Waals surface area contributed by atoms with Gasteiger partial charge in [-0.3, -0.25) is 0 Å². The van der Waals surface area contributed by atoms with Crippen LogP contribution in [0.3, 0.4) is 0 Å². The lowest BCUT2D eigenvalue weighted by atomic mass is 9.96. The maximum atomic E-state index is 12.7. The number of hydrogen-bond acceptors (Lipinski definition) is 3. The van der Waals surface area contributed by atoms with Crippen molar-refractivity contribution in [2.24, 2.45) is 11.8 Å². The van der Waals surface area contributed by atoms with E-state index in [2.05, 4.69) is 13.8 Å². The first-order valence-corrected chi connectivity index (χ1v) is 8.52. The molecule has 1 saturated heterocycles. The van der Waals surface area contributed by atoms with E-state index in [0.717, 1.165) is 6.42 Å². The molecule has 0 amide bonds. The molecule has 1 unspecified atom stereocenters. The fraction of sp³-hybridized carbons (Fsp3) is 0.533. The minimum Gasteiger partial charge on any atom is -0.478 e. The summed E-state index contributed by atoms with van der Waals surface area (Å²) in [7, 11) is -3.62. The molecule has 1 aromatic carbocycles. The van der Waals surface area contributed by atoms with Gasteiger partial charge in [0, 0.05) is 13.1 Å². The van der Waals surface area contributed by atoms with Crippen LogP contribution in [0.25, 0.3) is 0 Å².